The quantitative estimate of drug-likeness (QED) is 0.501. The molecule has 3 aromatic rings. The molecule has 8 nitrogen and oxygen atoms in total. The molecule has 39 heavy (non-hydrogen) atoms. The maximum atomic E-state index is 13.9. The summed E-state index contributed by atoms with van der Waals surface area (Å²) in [6.07, 6.45) is 0.757. The SMILES string of the molecule is COc1ccc(C(=O)N2C(C(=O)NCc3ccccc3)COC23CCN(C(=O)c2cccc(Cl)c2)CC3)cc1. The third-order valence-electron chi connectivity index (χ3n) is 7.33. The molecule has 0 saturated carbocycles. The highest BCUT2D eigenvalue weighted by Gasteiger charge is 2.54. The molecule has 202 valence electrons. The zero-order chi connectivity index (χ0) is 27.4. The molecule has 3 amide bonds. The van der Waals surface area contributed by atoms with E-state index in [9.17, 15) is 14.4 Å². The summed E-state index contributed by atoms with van der Waals surface area (Å²) in [7, 11) is 1.56. The smallest absolute Gasteiger partial charge is 0.256 e. The van der Waals surface area contributed by atoms with Gasteiger partial charge in [0.05, 0.1) is 13.7 Å². The van der Waals surface area contributed by atoms with E-state index in [1.807, 2.05) is 30.3 Å². The highest BCUT2D eigenvalue weighted by Crippen LogP contribution is 2.39. The van der Waals surface area contributed by atoms with Crippen LogP contribution in [0.2, 0.25) is 5.02 Å². The van der Waals surface area contributed by atoms with Gasteiger partial charge in [0.1, 0.15) is 17.5 Å². The zero-order valence-corrected chi connectivity index (χ0v) is 22.4. The average Bonchev–Trinajstić information content (AvgIpc) is 3.34. The number of nitrogens with one attached hydrogen (secondary N) is 1. The monoisotopic (exact) mass is 547 g/mol. The van der Waals surface area contributed by atoms with Gasteiger partial charge in [-0.15, -0.1) is 0 Å². The molecule has 2 aliphatic heterocycles. The summed E-state index contributed by atoms with van der Waals surface area (Å²) in [6.45, 7) is 1.16. The topological polar surface area (TPSA) is 88.2 Å². The normalized spacial score (nSPS) is 18.2. The lowest BCUT2D eigenvalue weighted by molar-refractivity contribution is -0.128. The Balaban J connectivity index is 1.36. The average molecular weight is 548 g/mol. The number of piperidine rings is 1. The van der Waals surface area contributed by atoms with Crippen molar-refractivity contribution in [3.8, 4) is 5.75 Å². The summed E-state index contributed by atoms with van der Waals surface area (Å²) in [5.74, 6) is -0.0842. The fourth-order valence-electron chi connectivity index (χ4n) is 5.21. The van der Waals surface area contributed by atoms with Crippen LogP contribution in [0.1, 0.15) is 39.1 Å². The fraction of sp³-hybridized carbons (Fsp3) is 0.300. The Morgan fingerprint density at radius 3 is 2.33 bits per heavy atom. The van der Waals surface area contributed by atoms with Crippen molar-refractivity contribution in [2.45, 2.75) is 31.2 Å². The van der Waals surface area contributed by atoms with Gasteiger partial charge in [0.15, 0.2) is 0 Å². The van der Waals surface area contributed by atoms with Crippen molar-refractivity contribution in [3.05, 3.63) is 101 Å². The molecule has 0 bridgehead atoms. The second-order valence-electron chi connectivity index (χ2n) is 9.68. The van der Waals surface area contributed by atoms with E-state index in [-0.39, 0.29) is 24.3 Å². The summed E-state index contributed by atoms with van der Waals surface area (Å²) in [5, 5.41) is 3.46. The number of benzene rings is 3. The molecule has 1 spiro atoms. The minimum atomic E-state index is -1.00. The molecule has 2 fully saturated rings. The Morgan fingerprint density at radius 1 is 0.949 bits per heavy atom. The first-order valence-corrected chi connectivity index (χ1v) is 13.3. The molecule has 1 unspecified atom stereocenters. The maximum absolute atomic E-state index is 13.9. The second kappa shape index (κ2) is 11.5. The highest BCUT2D eigenvalue weighted by atomic mass is 35.5. The molecule has 3 aromatic carbocycles. The Bertz CT molecular complexity index is 1340. The number of amides is 3. The van der Waals surface area contributed by atoms with Crippen molar-refractivity contribution in [2.75, 3.05) is 26.8 Å². The van der Waals surface area contributed by atoms with E-state index < -0.39 is 11.8 Å². The lowest BCUT2D eigenvalue weighted by atomic mass is 9.96. The molecule has 1 N–H and O–H groups in total. The first kappa shape index (κ1) is 26.7. The van der Waals surface area contributed by atoms with Crippen LogP contribution in [-0.2, 0) is 16.1 Å². The Labute approximate surface area is 232 Å². The van der Waals surface area contributed by atoms with Crippen molar-refractivity contribution < 1.29 is 23.9 Å². The van der Waals surface area contributed by atoms with Crippen molar-refractivity contribution in [3.63, 3.8) is 0 Å². The molecule has 2 saturated heterocycles. The molecule has 0 aliphatic carbocycles. The number of ether oxygens (including phenoxy) is 2. The van der Waals surface area contributed by atoms with Gasteiger partial charge in [-0.25, -0.2) is 0 Å². The highest BCUT2D eigenvalue weighted by molar-refractivity contribution is 6.30. The molecular formula is C30H30ClN3O5. The number of carbonyl (C=O) groups excluding carboxylic acids is 3. The Morgan fingerprint density at radius 2 is 1.67 bits per heavy atom. The van der Waals surface area contributed by atoms with Crippen LogP contribution >= 0.6 is 11.6 Å². The number of rotatable bonds is 6. The summed E-state index contributed by atoms with van der Waals surface area (Å²) in [4.78, 5) is 43.7. The van der Waals surface area contributed by atoms with Crippen LogP contribution in [-0.4, -0.2) is 66.1 Å². The minimum absolute atomic E-state index is 0.0742. The van der Waals surface area contributed by atoms with Gasteiger partial charge in [-0.3, -0.25) is 19.3 Å². The molecule has 2 heterocycles. The van der Waals surface area contributed by atoms with Crippen LogP contribution in [0.15, 0.2) is 78.9 Å². The van der Waals surface area contributed by atoms with E-state index in [0.29, 0.717) is 54.4 Å². The third-order valence-corrected chi connectivity index (χ3v) is 7.57. The first-order valence-electron chi connectivity index (χ1n) is 12.9. The Kier molecular flexibility index (Phi) is 7.86. The minimum Gasteiger partial charge on any atom is -0.497 e. The zero-order valence-electron chi connectivity index (χ0n) is 21.6. The summed E-state index contributed by atoms with van der Waals surface area (Å²) < 4.78 is 11.5. The van der Waals surface area contributed by atoms with Gasteiger partial charge in [-0.1, -0.05) is 48.0 Å². The standard InChI is InChI=1S/C30H30ClN3O5/c1-38-25-12-10-22(11-13-25)29(37)34-26(27(35)32-19-21-6-3-2-4-7-21)20-39-30(34)14-16-33(17-15-30)28(36)23-8-5-9-24(31)18-23/h2-13,18,26H,14-17,19-20H2,1H3,(H,32,35). The maximum Gasteiger partial charge on any atom is 0.256 e. The van der Waals surface area contributed by atoms with E-state index in [2.05, 4.69) is 5.32 Å². The summed E-state index contributed by atoms with van der Waals surface area (Å²) in [6, 6.07) is 22.4. The number of methoxy groups -OCH3 is 1. The van der Waals surface area contributed by atoms with E-state index in [4.69, 9.17) is 21.1 Å². The van der Waals surface area contributed by atoms with Crippen molar-refractivity contribution in [2.24, 2.45) is 0 Å². The van der Waals surface area contributed by atoms with Gasteiger partial charge in [-0.2, -0.15) is 0 Å². The van der Waals surface area contributed by atoms with E-state index >= 15 is 0 Å². The number of carbonyl (C=O) groups is 3. The molecular weight excluding hydrogens is 518 g/mol. The van der Waals surface area contributed by atoms with E-state index in [1.54, 1.807) is 65.4 Å². The van der Waals surface area contributed by atoms with Crippen LogP contribution in [0.4, 0.5) is 0 Å². The molecule has 2 aliphatic rings. The fourth-order valence-corrected chi connectivity index (χ4v) is 5.40. The number of hydrogen-bond acceptors (Lipinski definition) is 5. The van der Waals surface area contributed by atoms with Crippen LogP contribution in [0.3, 0.4) is 0 Å². The van der Waals surface area contributed by atoms with E-state index in [1.165, 1.54) is 0 Å². The lowest BCUT2D eigenvalue weighted by Crippen LogP contribution is -2.59. The van der Waals surface area contributed by atoms with Gasteiger partial charge < -0.3 is 19.7 Å². The first-order chi connectivity index (χ1) is 18.9. The number of likely N-dealkylation sites (tertiary alicyclic amines) is 1. The summed E-state index contributed by atoms with van der Waals surface area (Å²) in [5.41, 5.74) is 0.895. The predicted molar refractivity (Wildman–Crippen MR) is 147 cm³/mol. The molecule has 9 heteroatoms. The van der Waals surface area contributed by atoms with Crippen LogP contribution < -0.4 is 10.1 Å². The number of hydrogen-bond donors (Lipinski definition) is 1. The number of halogens is 1. The van der Waals surface area contributed by atoms with Crippen LogP contribution in [0.5, 0.6) is 5.75 Å². The van der Waals surface area contributed by atoms with Crippen LogP contribution in [0.25, 0.3) is 0 Å². The van der Waals surface area contributed by atoms with Gasteiger partial charge >= 0.3 is 0 Å². The summed E-state index contributed by atoms with van der Waals surface area (Å²) >= 11 is 6.09. The van der Waals surface area contributed by atoms with Gasteiger partial charge in [0, 0.05) is 48.6 Å². The molecule has 0 radical (unpaired) electrons. The van der Waals surface area contributed by atoms with Crippen molar-refractivity contribution in [1.82, 2.24) is 15.1 Å². The van der Waals surface area contributed by atoms with Crippen molar-refractivity contribution in [1.29, 1.82) is 0 Å². The van der Waals surface area contributed by atoms with Crippen molar-refractivity contribution >= 4 is 29.3 Å². The van der Waals surface area contributed by atoms with Gasteiger partial charge in [0.25, 0.3) is 11.8 Å². The molecule has 0 aromatic heterocycles. The lowest BCUT2D eigenvalue weighted by Gasteiger charge is -2.44. The Hall–Kier alpha value is -3.88. The predicted octanol–water partition coefficient (Wildman–Crippen LogP) is 4.14. The van der Waals surface area contributed by atoms with Gasteiger partial charge in [-0.05, 0) is 48.0 Å². The third kappa shape index (κ3) is 5.62. The largest absolute Gasteiger partial charge is 0.497 e. The van der Waals surface area contributed by atoms with Gasteiger partial charge in [0.2, 0.25) is 5.91 Å². The van der Waals surface area contributed by atoms with E-state index in [0.717, 1.165) is 5.56 Å². The second-order valence-corrected chi connectivity index (χ2v) is 10.1. The van der Waals surface area contributed by atoms with Crippen LogP contribution in [0, 0.1) is 0 Å². The molecule has 1 atom stereocenters. The number of nitrogens with zero attached hydrogens (tertiary/aromatic N) is 2. The molecule has 5 rings (SSSR count).